The van der Waals surface area contributed by atoms with E-state index in [4.69, 9.17) is 5.73 Å². The van der Waals surface area contributed by atoms with Gasteiger partial charge in [0.1, 0.15) is 6.04 Å². The van der Waals surface area contributed by atoms with Crippen LogP contribution >= 0.6 is 0 Å². The summed E-state index contributed by atoms with van der Waals surface area (Å²) in [6.45, 7) is 3.33. The average molecular weight is 315 g/mol. The van der Waals surface area contributed by atoms with E-state index >= 15 is 0 Å². The van der Waals surface area contributed by atoms with Gasteiger partial charge in [-0.15, -0.1) is 0 Å². The molecule has 0 spiro atoms. The minimum atomic E-state index is -0.405. The van der Waals surface area contributed by atoms with Crippen LogP contribution in [0.15, 0.2) is 30.3 Å². The number of hydrogen-bond acceptors (Lipinski definition) is 3. The van der Waals surface area contributed by atoms with Crippen LogP contribution in [0.5, 0.6) is 0 Å². The highest BCUT2D eigenvalue weighted by Crippen LogP contribution is 2.35. The lowest BCUT2D eigenvalue weighted by Crippen LogP contribution is -2.50. The molecular weight excluding hydrogens is 290 g/mol. The van der Waals surface area contributed by atoms with Gasteiger partial charge in [-0.25, -0.2) is 0 Å². The second-order valence-corrected chi connectivity index (χ2v) is 6.58. The minimum absolute atomic E-state index is 0.134. The van der Waals surface area contributed by atoms with Gasteiger partial charge in [0.25, 0.3) is 0 Å². The average Bonchev–Trinajstić information content (AvgIpc) is 3.16. The van der Waals surface area contributed by atoms with Crippen LogP contribution in [0.25, 0.3) is 0 Å². The fourth-order valence-corrected chi connectivity index (χ4v) is 4.29. The SMILES string of the molecule is CC(=O)N1CCC[C@@H]1[C@@H]1CCCN1[C@H](C(N)=O)c1ccccc1. The van der Waals surface area contributed by atoms with Crippen molar-refractivity contribution >= 4 is 11.8 Å². The van der Waals surface area contributed by atoms with E-state index in [1.54, 1.807) is 6.92 Å². The normalized spacial score (nSPS) is 26.4. The molecule has 2 aliphatic rings. The van der Waals surface area contributed by atoms with E-state index in [2.05, 4.69) is 4.90 Å². The molecule has 2 fully saturated rings. The van der Waals surface area contributed by atoms with E-state index < -0.39 is 6.04 Å². The number of nitrogens with zero attached hydrogens (tertiary/aromatic N) is 2. The summed E-state index contributed by atoms with van der Waals surface area (Å²) in [5, 5.41) is 0. The molecule has 124 valence electrons. The fourth-order valence-electron chi connectivity index (χ4n) is 4.29. The third-order valence-corrected chi connectivity index (χ3v) is 5.21. The predicted octanol–water partition coefficient (Wildman–Crippen LogP) is 1.69. The van der Waals surface area contributed by atoms with Crippen molar-refractivity contribution in [1.29, 1.82) is 0 Å². The molecule has 2 heterocycles. The third kappa shape index (κ3) is 3.11. The lowest BCUT2D eigenvalue weighted by Gasteiger charge is -2.38. The molecule has 5 nitrogen and oxygen atoms in total. The van der Waals surface area contributed by atoms with Gasteiger partial charge in [-0.1, -0.05) is 30.3 Å². The minimum Gasteiger partial charge on any atom is -0.368 e. The summed E-state index contributed by atoms with van der Waals surface area (Å²) in [5.74, 6) is -0.176. The lowest BCUT2D eigenvalue weighted by atomic mass is 9.98. The van der Waals surface area contributed by atoms with Gasteiger partial charge >= 0.3 is 0 Å². The highest BCUT2D eigenvalue weighted by Gasteiger charge is 2.42. The maximum Gasteiger partial charge on any atom is 0.239 e. The Morgan fingerprint density at radius 1 is 1.09 bits per heavy atom. The molecule has 1 aromatic rings. The van der Waals surface area contributed by atoms with Crippen molar-refractivity contribution in [2.45, 2.75) is 50.7 Å². The van der Waals surface area contributed by atoms with Crippen molar-refractivity contribution in [3.05, 3.63) is 35.9 Å². The van der Waals surface area contributed by atoms with Crippen LogP contribution in [0.3, 0.4) is 0 Å². The molecule has 3 rings (SSSR count). The molecule has 0 bridgehead atoms. The Hall–Kier alpha value is -1.88. The smallest absolute Gasteiger partial charge is 0.239 e. The Bertz CT molecular complexity index is 575. The molecule has 0 unspecified atom stereocenters. The van der Waals surface area contributed by atoms with Gasteiger partial charge in [0, 0.05) is 25.6 Å². The van der Waals surface area contributed by atoms with Gasteiger partial charge in [0.2, 0.25) is 11.8 Å². The molecule has 0 aromatic heterocycles. The number of primary amides is 1. The molecule has 0 saturated carbocycles. The van der Waals surface area contributed by atoms with E-state index in [9.17, 15) is 9.59 Å². The Morgan fingerprint density at radius 3 is 2.39 bits per heavy atom. The Kier molecular flexibility index (Phi) is 4.66. The van der Waals surface area contributed by atoms with Crippen LogP contribution in [0.2, 0.25) is 0 Å². The van der Waals surface area contributed by atoms with Gasteiger partial charge in [0.05, 0.1) is 0 Å². The van der Waals surface area contributed by atoms with E-state index in [0.29, 0.717) is 0 Å². The number of hydrogen-bond donors (Lipinski definition) is 1. The number of amides is 2. The highest BCUT2D eigenvalue weighted by molar-refractivity contribution is 5.81. The number of rotatable bonds is 4. The highest BCUT2D eigenvalue weighted by atomic mass is 16.2. The fraction of sp³-hybridized carbons (Fsp3) is 0.556. The molecule has 5 heteroatoms. The Labute approximate surface area is 137 Å². The first-order valence-corrected chi connectivity index (χ1v) is 8.47. The first-order chi connectivity index (χ1) is 11.1. The number of carbonyl (C=O) groups excluding carboxylic acids is 2. The van der Waals surface area contributed by atoms with Crippen molar-refractivity contribution in [2.75, 3.05) is 13.1 Å². The zero-order valence-corrected chi connectivity index (χ0v) is 13.6. The van der Waals surface area contributed by atoms with Gasteiger partial charge in [-0.05, 0) is 37.8 Å². The number of carbonyl (C=O) groups is 2. The number of benzene rings is 1. The van der Waals surface area contributed by atoms with Crippen LogP contribution in [0.4, 0.5) is 0 Å². The van der Waals surface area contributed by atoms with Crippen molar-refractivity contribution < 1.29 is 9.59 Å². The summed E-state index contributed by atoms with van der Waals surface area (Å²) in [6.07, 6.45) is 4.12. The molecule has 2 N–H and O–H groups in total. The van der Waals surface area contributed by atoms with E-state index in [1.807, 2.05) is 35.2 Å². The van der Waals surface area contributed by atoms with Crippen LogP contribution in [0.1, 0.15) is 44.2 Å². The second kappa shape index (κ2) is 6.71. The second-order valence-electron chi connectivity index (χ2n) is 6.58. The zero-order chi connectivity index (χ0) is 16.4. The first kappa shape index (κ1) is 16.0. The van der Waals surface area contributed by atoms with Crippen molar-refractivity contribution in [3.8, 4) is 0 Å². The Balaban J connectivity index is 1.87. The van der Waals surface area contributed by atoms with Crippen molar-refractivity contribution in [2.24, 2.45) is 5.73 Å². The monoisotopic (exact) mass is 315 g/mol. The molecule has 2 amide bonds. The predicted molar refractivity (Wildman–Crippen MR) is 88.5 cm³/mol. The summed E-state index contributed by atoms with van der Waals surface area (Å²) >= 11 is 0. The maximum absolute atomic E-state index is 12.2. The Morgan fingerprint density at radius 2 is 1.74 bits per heavy atom. The number of nitrogens with two attached hydrogens (primary N) is 1. The first-order valence-electron chi connectivity index (χ1n) is 8.47. The van der Waals surface area contributed by atoms with Crippen LogP contribution in [0, 0.1) is 0 Å². The van der Waals surface area contributed by atoms with Gasteiger partial charge < -0.3 is 10.6 Å². The summed E-state index contributed by atoms with van der Waals surface area (Å²) in [6, 6.07) is 9.77. The lowest BCUT2D eigenvalue weighted by molar-refractivity contribution is -0.131. The maximum atomic E-state index is 12.2. The third-order valence-electron chi connectivity index (χ3n) is 5.21. The number of likely N-dealkylation sites (tertiary alicyclic amines) is 2. The standard InChI is InChI=1S/C18H25N3O2/c1-13(22)20-11-5-9-15(20)16-10-6-12-21(16)17(18(19)23)14-7-3-2-4-8-14/h2-4,7-8,15-17H,5-6,9-12H2,1H3,(H2,19,23)/t15-,16+,17+/m1/s1. The van der Waals surface area contributed by atoms with E-state index in [-0.39, 0.29) is 23.9 Å². The van der Waals surface area contributed by atoms with Gasteiger partial charge in [-0.3, -0.25) is 14.5 Å². The summed E-state index contributed by atoms with van der Waals surface area (Å²) in [5.41, 5.74) is 6.69. The quantitative estimate of drug-likeness (QED) is 0.919. The molecule has 2 saturated heterocycles. The van der Waals surface area contributed by atoms with Crippen molar-refractivity contribution in [1.82, 2.24) is 9.80 Å². The largest absolute Gasteiger partial charge is 0.368 e. The molecule has 23 heavy (non-hydrogen) atoms. The van der Waals surface area contributed by atoms with Crippen LogP contribution < -0.4 is 5.73 Å². The summed E-state index contributed by atoms with van der Waals surface area (Å²) in [4.78, 5) is 28.3. The topological polar surface area (TPSA) is 66.6 Å². The summed E-state index contributed by atoms with van der Waals surface area (Å²) < 4.78 is 0. The molecule has 0 radical (unpaired) electrons. The van der Waals surface area contributed by atoms with Gasteiger partial charge in [0.15, 0.2) is 0 Å². The van der Waals surface area contributed by atoms with Crippen molar-refractivity contribution in [3.63, 3.8) is 0 Å². The molecule has 1 aromatic carbocycles. The molecule has 0 aliphatic carbocycles. The van der Waals surface area contributed by atoms with E-state index in [1.165, 1.54) is 0 Å². The van der Waals surface area contributed by atoms with Crippen LogP contribution in [-0.4, -0.2) is 46.8 Å². The summed E-state index contributed by atoms with van der Waals surface area (Å²) in [7, 11) is 0. The molecule has 2 aliphatic heterocycles. The van der Waals surface area contributed by atoms with Crippen LogP contribution in [-0.2, 0) is 9.59 Å². The van der Waals surface area contributed by atoms with Gasteiger partial charge in [-0.2, -0.15) is 0 Å². The molecule has 3 atom stereocenters. The zero-order valence-electron chi connectivity index (χ0n) is 13.6. The van der Waals surface area contributed by atoms with E-state index in [0.717, 1.165) is 44.3 Å². The molecular formula is C18H25N3O2.